The molecule has 2 heterocycles. The van der Waals surface area contributed by atoms with E-state index in [9.17, 15) is 14.7 Å². The number of carbonyl (C=O) groups is 2. The van der Waals surface area contributed by atoms with E-state index in [0.29, 0.717) is 24.5 Å². The van der Waals surface area contributed by atoms with Crippen LogP contribution < -0.4 is 4.74 Å². The van der Waals surface area contributed by atoms with Crippen molar-refractivity contribution in [3.63, 3.8) is 0 Å². The molecule has 3 rings (SSSR count). The first-order valence-electron chi connectivity index (χ1n) is 10.8. The highest BCUT2D eigenvalue weighted by Crippen LogP contribution is 2.41. The van der Waals surface area contributed by atoms with E-state index in [1.165, 1.54) is 11.3 Å². The number of thiophene rings is 1. The van der Waals surface area contributed by atoms with E-state index in [2.05, 4.69) is 18.7 Å². The third-order valence-corrected chi connectivity index (χ3v) is 6.46. The van der Waals surface area contributed by atoms with Crippen LogP contribution in [0.25, 0.3) is 5.76 Å². The van der Waals surface area contributed by atoms with Crippen molar-refractivity contribution in [1.29, 1.82) is 0 Å². The molecule has 1 aliphatic heterocycles. The fraction of sp³-hybridized carbons (Fsp3) is 0.417. The van der Waals surface area contributed by atoms with Crippen LogP contribution in [0.3, 0.4) is 0 Å². The van der Waals surface area contributed by atoms with E-state index in [4.69, 9.17) is 4.74 Å². The highest BCUT2D eigenvalue weighted by Gasteiger charge is 2.46. The molecule has 1 atom stereocenters. The van der Waals surface area contributed by atoms with E-state index < -0.39 is 17.7 Å². The highest BCUT2D eigenvalue weighted by atomic mass is 32.1. The van der Waals surface area contributed by atoms with Crippen LogP contribution >= 0.6 is 11.3 Å². The quantitative estimate of drug-likeness (QED) is 0.337. The van der Waals surface area contributed by atoms with Crippen molar-refractivity contribution in [2.45, 2.75) is 33.2 Å². The summed E-state index contributed by atoms with van der Waals surface area (Å²) in [6, 6.07) is 10.2. The molecule has 6 nitrogen and oxygen atoms in total. The maximum atomic E-state index is 13.0. The molecular formula is C24H30N2O4S. The zero-order chi connectivity index (χ0) is 22.4. The Hall–Kier alpha value is -2.64. The fourth-order valence-electron chi connectivity index (χ4n) is 3.91. The number of likely N-dealkylation sites (tertiary alicyclic amines) is 1. The first kappa shape index (κ1) is 23.0. The molecule has 1 saturated heterocycles. The van der Waals surface area contributed by atoms with Gasteiger partial charge in [0.05, 0.1) is 18.2 Å². The number of aliphatic hydroxyl groups excluding tert-OH is 1. The van der Waals surface area contributed by atoms with Crippen LogP contribution in [0, 0.1) is 0 Å². The minimum Gasteiger partial charge on any atom is -0.507 e. The Balaban J connectivity index is 1.97. The molecule has 1 amide bonds. The van der Waals surface area contributed by atoms with Crippen molar-refractivity contribution in [2.24, 2.45) is 0 Å². The summed E-state index contributed by atoms with van der Waals surface area (Å²) in [6.45, 7) is 9.79. The summed E-state index contributed by atoms with van der Waals surface area (Å²) in [5, 5.41) is 13.0. The number of hydrogen-bond acceptors (Lipinski definition) is 6. The largest absolute Gasteiger partial charge is 0.507 e. The second kappa shape index (κ2) is 10.6. The standard InChI is InChI=1S/C24H30N2O4S/c1-4-25(5-2)13-9-14-26-21(19-12-8-15-31-19)20(23(28)24(26)29)22(27)17-10-7-11-18(16-17)30-6-3/h7-8,10-12,15-16,21,27H,4-6,9,13-14H2,1-3H3. The maximum Gasteiger partial charge on any atom is 0.295 e. The zero-order valence-corrected chi connectivity index (χ0v) is 19.2. The Morgan fingerprint density at radius 2 is 1.94 bits per heavy atom. The molecule has 0 bridgehead atoms. The van der Waals surface area contributed by atoms with E-state index >= 15 is 0 Å². The Morgan fingerprint density at radius 3 is 2.58 bits per heavy atom. The van der Waals surface area contributed by atoms with Crippen LogP contribution in [0.4, 0.5) is 0 Å². The van der Waals surface area contributed by atoms with E-state index in [1.807, 2.05) is 24.4 Å². The topological polar surface area (TPSA) is 70.1 Å². The first-order chi connectivity index (χ1) is 15.0. The van der Waals surface area contributed by atoms with Gasteiger partial charge in [0.15, 0.2) is 0 Å². The number of Topliss-reactive ketones (excluding diaryl/α,β-unsaturated/α-hetero) is 1. The number of rotatable bonds is 10. The average molecular weight is 443 g/mol. The Kier molecular flexibility index (Phi) is 7.87. The predicted molar refractivity (Wildman–Crippen MR) is 123 cm³/mol. The fourth-order valence-corrected chi connectivity index (χ4v) is 4.76. The van der Waals surface area contributed by atoms with Crippen LogP contribution in [0.1, 0.15) is 43.7 Å². The van der Waals surface area contributed by atoms with Gasteiger partial charge in [0, 0.05) is 17.0 Å². The number of amides is 1. The van der Waals surface area contributed by atoms with Gasteiger partial charge in [-0.3, -0.25) is 9.59 Å². The Labute approximate surface area is 187 Å². The Morgan fingerprint density at radius 1 is 1.16 bits per heavy atom. The molecule has 7 heteroatoms. The predicted octanol–water partition coefficient (Wildman–Crippen LogP) is 4.30. The first-order valence-corrected chi connectivity index (χ1v) is 11.7. The summed E-state index contributed by atoms with van der Waals surface area (Å²) in [7, 11) is 0. The molecule has 31 heavy (non-hydrogen) atoms. The SMILES string of the molecule is CCOc1cccc(C(O)=C2C(=O)C(=O)N(CCCN(CC)CC)C2c2cccs2)c1. The molecule has 2 aromatic rings. The summed E-state index contributed by atoms with van der Waals surface area (Å²) in [4.78, 5) is 30.7. The van der Waals surface area contributed by atoms with Crippen LogP contribution in [0.5, 0.6) is 5.75 Å². The summed E-state index contributed by atoms with van der Waals surface area (Å²) in [5.74, 6) is -0.752. The van der Waals surface area contributed by atoms with Crippen molar-refractivity contribution in [1.82, 2.24) is 9.80 Å². The molecule has 1 fully saturated rings. The number of benzene rings is 1. The van der Waals surface area contributed by atoms with Gasteiger partial charge in [0.1, 0.15) is 11.5 Å². The van der Waals surface area contributed by atoms with Crippen molar-refractivity contribution in [3.05, 3.63) is 57.8 Å². The minimum absolute atomic E-state index is 0.143. The average Bonchev–Trinajstić information content (AvgIpc) is 3.39. The molecule has 0 spiro atoms. The van der Waals surface area contributed by atoms with Gasteiger partial charge >= 0.3 is 0 Å². The lowest BCUT2D eigenvalue weighted by Gasteiger charge is -2.25. The molecule has 1 aromatic heterocycles. The van der Waals surface area contributed by atoms with Gasteiger partial charge in [-0.1, -0.05) is 32.0 Å². The highest BCUT2D eigenvalue weighted by molar-refractivity contribution is 7.10. The summed E-state index contributed by atoms with van der Waals surface area (Å²) in [5.41, 5.74) is 0.609. The van der Waals surface area contributed by atoms with E-state index in [-0.39, 0.29) is 11.3 Å². The van der Waals surface area contributed by atoms with Crippen molar-refractivity contribution < 1.29 is 19.4 Å². The lowest BCUT2D eigenvalue weighted by Crippen LogP contribution is -2.33. The van der Waals surface area contributed by atoms with Gasteiger partial charge in [-0.25, -0.2) is 0 Å². The molecule has 166 valence electrons. The summed E-state index contributed by atoms with van der Waals surface area (Å²) >= 11 is 1.48. The number of hydrogen-bond donors (Lipinski definition) is 1. The zero-order valence-electron chi connectivity index (χ0n) is 18.3. The third-order valence-electron chi connectivity index (χ3n) is 5.54. The van der Waals surface area contributed by atoms with Gasteiger partial charge in [-0.15, -0.1) is 11.3 Å². The van der Waals surface area contributed by atoms with Gasteiger partial charge in [-0.05, 0) is 56.6 Å². The number of carbonyl (C=O) groups excluding carboxylic acids is 2. The van der Waals surface area contributed by atoms with E-state index in [0.717, 1.165) is 30.9 Å². The van der Waals surface area contributed by atoms with Gasteiger partial charge < -0.3 is 19.6 Å². The summed E-state index contributed by atoms with van der Waals surface area (Å²) < 4.78 is 5.53. The second-order valence-corrected chi connectivity index (χ2v) is 8.33. The van der Waals surface area contributed by atoms with Crippen molar-refractivity contribution in [2.75, 3.05) is 32.8 Å². The number of aliphatic hydroxyl groups is 1. The monoisotopic (exact) mass is 442 g/mol. The lowest BCUT2D eigenvalue weighted by molar-refractivity contribution is -0.139. The van der Waals surface area contributed by atoms with Crippen LogP contribution in [0.2, 0.25) is 0 Å². The van der Waals surface area contributed by atoms with Gasteiger partial charge in [-0.2, -0.15) is 0 Å². The minimum atomic E-state index is -0.638. The second-order valence-electron chi connectivity index (χ2n) is 7.35. The smallest absolute Gasteiger partial charge is 0.295 e. The van der Waals surface area contributed by atoms with Crippen LogP contribution in [0.15, 0.2) is 47.4 Å². The molecule has 0 saturated carbocycles. The molecule has 0 aliphatic carbocycles. The summed E-state index contributed by atoms with van der Waals surface area (Å²) in [6.07, 6.45) is 0.760. The van der Waals surface area contributed by atoms with Crippen molar-refractivity contribution in [3.8, 4) is 5.75 Å². The number of nitrogens with zero attached hydrogens (tertiary/aromatic N) is 2. The third kappa shape index (κ3) is 4.99. The molecular weight excluding hydrogens is 412 g/mol. The molecule has 1 unspecified atom stereocenters. The number of ketones is 1. The Bertz CT molecular complexity index is 935. The van der Waals surface area contributed by atoms with Crippen LogP contribution in [-0.2, 0) is 9.59 Å². The van der Waals surface area contributed by atoms with Gasteiger partial charge in [0.25, 0.3) is 11.7 Å². The molecule has 1 aliphatic rings. The molecule has 0 radical (unpaired) electrons. The van der Waals surface area contributed by atoms with Crippen LogP contribution in [-0.4, -0.2) is 59.4 Å². The lowest BCUT2D eigenvalue weighted by atomic mass is 9.99. The van der Waals surface area contributed by atoms with Gasteiger partial charge in [0.2, 0.25) is 0 Å². The van der Waals surface area contributed by atoms with Crippen molar-refractivity contribution >= 4 is 28.8 Å². The maximum absolute atomic E-state index is 13.0. The molecule has 1 aromatic carbocycles. The molecule has 1 N–H and O–H groups in total. The normalized spacial score (nSPS) is 18.2. The van der Waals surface area contributed by atoms with E-state index in [1.54, 1.807) is 29.2 Å². The number of ether oxygens (including phenoxy) is 1.